The molecular weight excluding hydrogens is 218 g/mol. The molecule has 0 bridgehead atoms. The van der Waals surface area contributed by atoms with E-state index in [4.69, 9.17) is 0 Å². The van der Waals surface area contributed by atoms with Gasteiger partial charge in [0.1, 0.15) is 7.05 Å². The van der Waals surface area contributed by atoms with Crippen molar-refractivity contribution in [2.75, 3.05) is 0 Å². The topological polar surface area (TPSA) is 3.88 Å². The fourth-order valence-electron chi connectivity index (χ4n) is 2.48. The highest BCUT2D eigenvalue weighted by Gasteiger charge is 2.18. The average molecular weight is 240 g/mol. The molecule has 1 aromatic heterocycles. The van der Waals surface area contributed by atoms with Crippen LogP contribution in [0.5, 0.6) is 0 Å². The molecule has 1 aromatic carbocycles. The Hall–Kier alpha value is -1.63. The SMILES string of the molecule is Cc1ccc(-c2c(C)ccc(C)[n+]2C)c(C)c1C. The average Bonchev–Trinajstić information content (AvgIpc) is 2.34. The number of rotatable bonds is 1. The number of aryl methyl sites for hydroxylation is 3. The molecule has 1 heteroatoms. The molecule has 0 radical (unpaired) electrons. The lowest BCUT2D eigenvalue weighted by Crippen LogP contribution is -2.35. The van der Waals surface area contributed by atoms with Crippen LogP contribution in [-0.2, 0) is 7.05 Å². The van der Waals surface area contributed by atoms with Crippen LogP contribution in [0.4, 0.5) is 0 Å². The molecule has 0 aliphatic carbocycles. The summed E-state index contributed by atoms with van der Waals surface area (Å²) in [7, 11) is 2.15. The Balaban J connectivity index is 2.78. The van der Waals surface area contributed by atoms with Crippen LogP contribution < -0.4 is 4.57 Å². The highest BCUT2D eigenvalue weighted by atomic mass is 14.9. The van der Waals surface area contributed by atoms with E-state index in [9.17, 15) is 0 Å². The predicted molar refractivity (Wildman–Crippen MR) is 76.7 cm³/mol. The van der Waals surface area contributed by atoms with Gasteiger partial charge in [-0.3, -0.25) is 0 Å². The molecule has 94 valence electrons. The van der Waals surface area contributed by atoms with Crippen LogP contribution in [0.15, 0.2) is 24.3 Å². The zero-order valence-corrected chi connectivity index (χ0v) is 12.3. The quantitative estimate of drug-likeness (QED) is 0.669. The second-order valence-corrected chi connectivity index (χ2v) is 5.25. The molecule has 2 rings (SSSR count). The van der Waals surface area contributed by atoms with E-state index in [2.05, 4.69) is 70.5 Å². The Kier molecular flexibility index (Phi) is 3.25. The molecule has 0 unspecified atom stereocenters. The van der Waals surface area contributed by atoms with E-state index in [1.165, 1.54) is 39.2 Å². The fourth-order valence-corrected chi connectivity index (χ4v) is 2.48. The molecule has 18 heavy (non-hydrogen) atoms. The van der Waals surface area contributed by atoms with Crippen molar-refractivity contribution in [3.63, 3.8) is 0 Å². The first kappa shape index (κ1) is 12.8. The van der Waals surface area contributed by atoms with Gasteiger partial charge in [-0.1, -0.05) is 6.07 Å². The lowest BCUT2D eigenvalue weighted by atomic mass is 9.94. The molecule has 0 amide bonds. The number of nitrogens with zero attached hydrogens (tertiary/aromatic N) is 1. The summed E-state index contributed by atoms with van der Waals surface area (Å²) in [6.45, 7) is 10.9. The smallest absolute Gasteiger partial charge is 0.198 e. The minimum Gasteiger partial charge on any atom is -0.198 e. The van der Waals surface area contributed by atoms with E-state index in [1.54, 1.807) is 0 Å². The van der Waals surface area contributed by atoms with Crippen LogP contribution in [0.25, 0.3) is 11.3 Å². The zero-order chi connectivity index (χ0) is 13.4. The summed E-state index contributed by atoms with van der Waals surface area (Å²) in [6.07, 6.45) is 0. The molecule has 0 fully saturated rings. The third kappa shape index (κ3) is 1.94. The van der Waals surface area contributed by atoms with Gasteiger partial charge in [-0.15, -0.1) is 0 Å². The van der Waals surface area contributed by atoms with Crippen LogP contribution >= 0.6 is 0 Å². The number of hydrogen-bond acceptors (Lipinski definition) is 0. The summed E-state index contributed by atoms with van der Waals surface area (Å²) in [5.74, 6) is 0. The van der Waals surface area contributed by atoms with Gasteiger partial charge >= 0.3 is 0 Å². The largest absolute Gasteiger partial charge is 0.215 e. The minimum absolute atomic E-state index is 1.29. The molecule has 1 nitrogen and oxygen atoms in total. The molecular formula is C17H22N+. The summed E-state index contributed by atoms with van der Waals surface area (Å²) in [4.78, 5) is 0. The summed E-state index contributed by atoms with van der Waals surface area (Å²) < 4.78 is 2.28. The predicted octanol–water partition coefficient (Wildman–Crippen LogP) is 3.72. The maximum atomic E-state index is 2.28. The first-order valence-electron chi connectivity index (χ1n) is 6.47. The van der Waals surface area contributed by atoms with Gasteiger partial charge in [0.05, 0.1) is 0 Å². The second-order valence-electron chi connectivity index (χ2n) is 5.25. The lowest BCUT2D eigenvalue weighted by molar-refractivity contribution is -0.667. The van der Waals surface area contributed by atoms with Crippen LogP contribution in [0.3, 0.4) is 0 Å². The normalized spacial score (nSPS) is 10.8. The van der Waals surface area contributed by atoms with E-state index in [-0.39, 0.29) is 0 Å². The molecule has 0 aliphatic rings. The van der Waals surface area contributed by atoms with E-state index in [1.807, 2.05) is 0 Å². The molecule has 0 N–H and O–H groups in total. The summed E-state index contributed by atoms with van der Waals surface area (Å²) in [6, 6.07) is 8.85. The van der Waals surface area contributed by atoms with Crippen molar-refractivity contribution in [1.82, 2.24) is 0 Å². The monoisotopic (exact) mass is 240 g/mol. The highest BCUT2D eigenvalue weighted by molar-refractivity contribution is 5.66. The summed E-state index contributed by atoms with van der Waals surface area (Å²) >= 11 is 0. The lowest BCUT2D eigenvalue weighted by Gasteiger charge is -2.12. The minimum atomic E-state index is 1.29. The van der Waals surface area contributed by atoms with Gasteiger partial charge in [-0.25, -0.2) is 0 Å². The zero-order valence-electron chi connectivity index (χ0n) is 12.3. The van der Waals surface area contributed by atoms with Gasteiger partial charge in [0, 0.05) is 24.1 Å². The number of hydrogen-bond donors (Lipinski definition) is 0. The molecule has 0 spiro atoms. The third-order valence-corrected chi connectivity index (χ3v) is 4.13. The molecule has 0 saturated carbocycles. The first-order chi connectivity index (χ1) is 8.43. The van der Waals surface area contributed by atoms with Crippen molar-refractivity contribution in [1.29, 1.82) is 0 Å². The van der Waals surface area contributed by atoms with Gasteiger partial charge in [-0.05, 0) is 56.5 Å². The van der Waals surface area contributed by atoms with Crippen molar-refractivity contribution < 1.29 is 4.57 Å². The Morgan fingerprint density at radius 1 is 0.722 bits per heavy atom. The maximum absolute atomic E-state index is 2.28. The van der Waals surface area contributed by atoms with Crippen LogP contribution in [0.2, 0.25) is 0 Å². The second kappa shape index (κ2) is 4.56. The van der Waals surface area contributed by atoms with Crippen molar-refractivity contribution in [2.45, 2.75) is 34.6 Å². The number of aromatic nitrogens is 1. The van der Waals surface area contributed by atoms with Crippen LogP contribution in [0.1, 0.15) is 27.9 Å². The number of pyridine rings is 1. The Morgan fingerprint density at radius 3 is 2.00 bits per heavy atom. The van der Waals surface area contributed by atoms with Crippen molar-refractivity contribution in [2.24, 2.45) is 7.05 Å². The molecule has 2 aromatic rings. The van der Waals surface area contributed by atoms with E-state index in [0.29, 0.717) is 0 Å². The van der Waals surface area contributed by atoms with Gasteiger partial charge in [0.25, 0.3) is 0 Å². The van der Waals surface area contributed by atoms with Crippen molar-refractivity contribution >= 4 is 0 Å². The Labute approximate surface area is 110 Å². The Morgan fingerprint density at radius 2 is 1.33 bits per heavy atom. The molecule has 0 saturated heterocycles. The Bertz CT molecular complexity index is 609. The van der Waals surface area contributed by atoms with Gasteiger partial charge in [-0.2, -0.15) is 4.57 Å². The molecule has 1 heterocycles. The van der Waals surface area contributed by atoms with Gasteiger partial charge in [0.2, 0.25) is 5.69 Å². The van der Waals surface area contributed by atoms with Crippen molar-refractivity contribution in [3.8, 4) is 11.3 Å². The standard InChI is InChI=1S/C17H22N/c1-11-8-10-16(15(5)14(11)4)17-12(2)7-9-13(3)18(17)6/h7-10H,1-6H3/q+1. The van der Waals surface area contributed by atoms with Crippen LogP contribution in [0, 0.1) is 34.6 Å². The van der Waals surface area contributed by atoms with Gasteiger partial charge < -0.3 is 0 Å². The fraction of sp³-hybridized carbons (Fsp3) is 0.353. The van der Waals surface area contributed by atoms with E-state index in [0.717, 1.165) is 0 Å². The summed E-state index contributed by atoms with van der Waals surface area (Å²) in [5.41, 5.74) is 9.44. The molecule has 0 aliphatic heterocycles. The highest BCUT2D eigenvalue weighted by Crippen LogP contribution is 2.27. The van der Waals surface area contributed by atoms with Crippen LogP contribution in [-0.4, -0.2) is 0 Å². The number of benzene rings is 1. The van der Waals surface area contributed by atoms with E-state index >= 15 is 0 Å². The van der Waals surface area contributed by atoms with E-state index < -0.39 is 0 Å². The van der Waals surface area contributed by atoms with Crippen molar-refractivity contribution in [3.05, 3.63) is 52.2 Å². The third-order valence-electron chi connectivity index (χ3n) is 4.13. The maximum Gasteiger partial charge on any atom is 0.215 e. The van der Waals surface area contributed by atoms with Gasteiger partial charge in [0.15, 0.2) is 5.69 Å². The summed E-state index contributed by atoms with van der Waals surface area (Å²) in [5, 5.41) is 0. The first-order valence-corrected chi connectivity index (χ1v) is 6.47. The molecule has 0 atom stereocenters.